The van der Waals surface area contributed by atoms with Gasteiger partial charge in [0.1, 0.15) is 25.1 Å². The molecule has 1 heterocycles. The highest BCUT2D eigenvalue weighted by molar-refractivity contribution is 6.29. The van der Waals surface area contributed by atoms with Gasteiger partial charge in [0.05, 0.1) is 6.61 Å². The molecule has 0 spiro atoms. The fourth-order valence-corrected chi connectivity index (χ4v) is 2.40. The molecule has 1 aromatic heterocycles. The van der Waals surface area contributed by atoms with Gasteiger partial charge in [-0.2, -0.15) is 0 Å². The van der Waals surface area contributed by atoms with Crippen molar-refractivity contribution in [2.75, 3.05) is 26.4 Å². The van der Waals surface area contributed by atoms with E-state index >= 15 is 0 Å². The van der Waals surface area contributed by atoms with Crippen LogP contribution in [-0.4, -0.2) is 53.3 Å². The molecular weight excluding hydrogens is 382 g/mol. The zero-order valence-electron chi connectivity index (χ0n) is 16.5. The van der Waals surface area contributed by atoms with Crippen molar-refractivity contribution in [3.63, 3.8) is 0 Å². The molecule has 0 aliphatic rings. The number of hydrogen-bond acceptors (Lipinski definition) is 7. The Balaban J connectivity index is 1.75. The summed E-state index contributed by atoms with van der Waals surface area (Å²) >= 11 is 5.71. The Kier molecular flexibility index (Phi) is 8.92. The number of aliphatic hydroxyl groups is 1. The second-order valence-corrected chi connectivity index (χ2v) is 7.34. The Labute approximate surface area is 171 Å². The molecule has 2 N–H and O–H groups in total. The van der Waals surface area contributed by atoms with E-state index in [-0.39, 0.29) is 12.1 Å². The van der Waals surface area contributed by atoms with Gasteiger partial charge >= 0.3 is 0 Å². The van der Waals surface area contributed by atoms with E-state index < -0.39 is 6.10 Å². The molecule has 0 aliphatic heterocycles. The van der Waals surface area contributed by atoms with Gasteiger partial charge in [0, 0.05) is 30.3 Å². The number of aliphatic hydroxyl groups excluding tert-OH is 1. The summed E-state index contributed by atoms with van der Waals surface area (Å²) < 4.78 is 16.8. The fourth-order valence-electron chi connectivity index (χ4n) is 2.30. The molecule has 1 atom stereocenters. The number of nitrogens with one attached hydrogen (secondary N) is 1. The lowest BCUT2D eigenvalue weighted by molar-refractivity contribution is 0.0888. The van der Waals surface area contributed by atoms with Gasteiger partial charge < -0.3 is 24.6 Å². The van der Waals surface area contributed by atoms with Crippen LogP contribution in [0, 0.1) is 0 Å². The van der Waals surface area contributed by atoms with Gasteiger partial charge in [-0.1, -0.05) is 29.8 Å². The number of hydrogen-bond donors (Lipinski definition) is 2. The van der Waals surface area contributed by atoms with Crippen LogP contribution >= 0.6 is 11.6 Å². The summed E-state index contributed by atoms with van der Waals surface area (Å²) in [5.41, 5.74) is 0.581. The number of halogens is 1. The molecule has 0 saturated carbocycles. The summed E-state index contributed by atoms with van der Waals surface area (Å²) in [5.74, 6) is 1.12. The molecule has 0 bridgehead atoms. The van der Waals surface area contributed by atoms with Crippen LogP contribution in [0.3, 0.4) is 0 Å². The maximum absolute atomic E-state index is 10.3. The average molecular weight is 410 g/mol. The smallest absolute Gasteiger partial charge is 0.233 e. The first-order chi connectivity index (χ1) is 13.4. The van der Waals surface area contributed by atoms with Crippen molar-refractivity contribution >= 4 is 11.6 Å². The van der Waals surface area contributed by atoms with E-state index in [9.17, 15) is 5.11 Å². The molecule has 2 aromatic rings. The predicted molar refractivity (Wildman–Crippen MR) is 108 cm³/mol. The van der Waals surface area contributed by atoms with Crippen LogP contribution in [0.4, 0.5) is 0 Å². The maximum Gasteiger partial charge on any atom is 0.233 e. The van der Waals surface area contributed by atoms with Crippen molar-refractivity contribution in [2.24, 2.45) is 0 Å². The molecule has 0 amide bonds. The third-order valence-electron chi connectivity index (χ3n) is 3.87. The number of nitrogens with zero attached hydrogens (tertiary/aromatic N) is 2. The molecule has 2 rings (SSSR count). The fraction of sp³-hybridized carbons (Fsp3) is 0.500. The predicted octanol–water partition coefficient (Wildman–Crippen LogP) is 2.85. The summed E-state index contributed by atoms with van der Waals surface area (Å²) in [6.45, 7) is 7.91. The SMILES string of the molecule is CCOCc1ccccc1OCC(O)CNC(C)(C)COc1ccc(Cl)nn1. The molecule has 8 heteroatoms. The van der Waals surface area contributed by atoms with Gasteiger partial charge in [-0.25, -0.2) is 0 Å². The Morgan fingerprint density at radius 2 is 1.93 bits per heavy atom. The minimum atomic E-state index is -0.672. The van der Waals surface area contributed by atoms with E-state index in [1.54, 1.807) is 12.1 Å². The summed E-state index contributed by atoms with van der Waals surface area (Å²) in [6.07, 6.45) is -0.672. The van der Waals surface area contributed by atoms with Crippen molar-refractivity contribution in [3.8, 4) is 11.6 Å². The van der Waals surface area contributed by atoms with Gasteiger partial charge in [-0.15, -0.1) is 10.2 Å². The number of β-amino-alcohol motifs (C(OH)–C–C–N with tert-alkyl or cyclic N) is 1. The monoisotopic (exact) mass is 409 g/mol. The minimum Gasteiger partial charge on any atom is -0.490 e. The van der Waals surface area contributed by atoms with Crippen LogP contribution < -0.4 is 14.8 Å². The van der Waals surface area contributed by atoms with E-state index in [4.69, 9.17) is 25.8 Å². The molecule has 0 saturated heterocycles. The van der Waals surface area contributed by atoms with Crippen molar-refractivity contribution in [1.29, 1.82) is 0 Å². The van der Waals surface area contributed by atoms with E-state index in [0.29, 0.717) is 37.4 Å². The number of ether oxygens (including phenoxy) is 3. The van der Waals surface area contributed by atoms with Crippen LogP contribution in [-0.2, 0) is 11.3 Å². The molecule has 154 valence electrons. The molecular formula is C20H28ClN3O4. The molecule has 0 fully saturated rings. The van der Waals surface area contributed by atoms with Crippen molar-refractivity contribution in [3.05, 3.63) is 47.1 Å². The lowest BCUT2D eigenvalue weighted by Gasteiger charge is -2.27. The zero-order valence-corrected chi connectivity index (χ0v) is 17.3. The molecule has 28 heavy (non-hydrogen) atoms. The van der Waals surface area contributed by atoms with Gasteiger partial charge in [0.2, 0.25) is 5.88 Å². The lowest BCUT2D eigenvalue weighted by atomic mass is 10.1. The van der Waals surface area contributed by atoms with Gasteiger partial charge in [-0.3, -0.25) is 0 Å². The zero-order chi connectivity index (χ0) is 20.4. The molecule has 0 radical (unpaired) electrons. The normalized spacial score (nSPS) is 12.6. The summed E-state index contributed by atoms with van der Waals surface area (Å²) in [6, 6.07) is 10.9. The maximum atomic E-state index is 10.3. The first kappa shape index (κ1) is 22.4. The molecule has 0 aliphatic carbocycles. The van der Waals surface area contributed by atoms with Crippen molar-refractivity contribution < 1.29 is 19.3 Å². The van der Waals surface area contributed by atoms with Crippen LogP contribution in [0.5, 0.6) is 11.6 Å². The Bertz CT molecular complexity index is 713. The quantitative estimate of drug-likeness (QED) is 0.557. The van der Waals surface area contributed by atoms with Crippen LogP contribution in [0.25, 0.3) is 0 Å². The standard InChI is InChI=1S/C20H28ClN3O4/c1-4-26-12-15-7-5-6-8-17(15)27-13-16(25)11-22-20(2,3)14-28-19-10-9-18(21)23-24-19/h5-10,16,22,25H,4,11-14H2,1-3H3. The Hall–Kier alpha value is -1.93. The molecule has 7 nitrogen and oxygen atoms in total. The van der Waals surface area contributed by atoms with E-state index in [2.05, 4.69) is 15.5 Å². The van der Waals surface area contributed by atoms with Crippen LogP contribution in [0.2, 0.25) is 5.15 Å². The number of benzene rings is 1. The van der Waals surface area contributed by atoms with E-state index in [0.717, 1.165) is 11.3 Å². The Morgan fingerprint density at radius 1 is 1.14 bits per heavy atom. The number of para-hydroxylation sites is 1. The van der Waals surface area contributed by atoms with Gasteiger partial charge in [0.25, 0.3) is 0 Å². The highest BCUT2D eigenvalue weighted by Gasteiger charge is 2.20. The molecule has 1 unspecified atom stereocenters. The number of rotatable bonds is 12. The summed E-state index contributed by atoms with van der Waals surface area (Å²) in [4.78, 5) is 0. The highest BCUT2D eigenvalue weighted by Crippen LogP contribution is 2.19. The topological polar surface area (TPSA) is 85.7 Å². The van der Waals surface area contributed by atoms with E-state index in [1.807, 2.05) is 45.0 Å². The number of aromatic nitrogens is 2. The first-order valence-electron chi connectivity index (χ1n) is 9.23. The second kappa shape index (κ2) is 11.2. The first-order valence-corrected chi connectivity index (χ1v) is 9.61. The second-order valence-electron chi connectivity index (χ2n) is 6.96. The average Bonchev–Trinajstić information content (AvgIpc) is 2.69. The van der Waals surface area contributed by atoms with E-state index in [1.165, 1.54) is 0 Å². The third-order valence-corrected chi connectivity index (χ3v) is 4.07. The van der Waals surface area contributed by atoms with Crippen molar-refractivity contribution in [2.45, 2.75) is 39.0 Å². The van der Waals surface area contributed by atoms with Gasteiger partial charge in [0.15, 0.2) is 5.15 Å². The largest absolute Gasteiger partial charge is 0.490 e. The molecule has 1 aromatic carbocycles. The van der Waals surface area contributed by atoms with Gasteiger partial charge in [-0.05, 0) is 32.9 Å². The highest BCUT2D eigenvalue weighted by atomic mass is 35.5. The van der Waals surface area contributed by atoms with Crippen LogP contribution in [0.15, 0.2) is 36.4 Å². The van der Waals surface area contributed by atoms with Crippen LogP contribution in [0.1, 0.15) is 26.3 Å². The Morgan fingerprint density at radius 3 is 2.64 bits per heavy atom. The summed E-state index contributed by atoms with van der Waals surface area (Å²) in [7, 11) is 0. The lowest BCUT2D eigenvalue weighted by Crippen LogP contribution is -2.48. The third kappa shape index (κ3) is 7.98. The minimum absolute atomic E-state index is 0.176. The van der Waals surface area contributed by atoms with Crippen molar-refractivity contribution in [1.82, 2.24) is 15.5 Å². The summed E-state index contributed by atoms with van der Waals surface area (Å²) in [5, 5.41) is 21.4.